The molecule has 1 saturated heterocycles. The fraction of sp³-hybridized carbons (Fsp3) is 0.533. The molecule has 4 heteroatoms. The van der Waals surface area contributed by atoms with E-state index in [2.05, 4.69) is 5.32 Å². The van der Waals surface area contributed by atoms with Gasteiger partial charge in [0.1, 0.15) is 0 Å². The fourth-order valence-electron chi connectivity index (χ4n) is 2.06. The number of esters is 1. The lowest BCUT2D eigenvalue weighted by Crippen LogP contribution is -2.24. The molecule has 2 rings (SSSR count). The maximum atomic E-state index is 11.7. The molecular formula is C15H21NO2S. The molecular weight excluding hydrogens is 258 g/mol. The number of benzene rings is 1. The number of hydrogen-bond acceptors (Lipinski definition) is 4. The van der Waals surface area contributed by atoms with Crippen molar-refractivity contribution >= 4 is 23.4 Å². The van der Waals surface area contributed by atoms with E-state index >= 15 is 0 Å². The van der Waals surface area contributed by atoms with Crippen molar-refractivity contribution in [1.29, 1.82) is 0 Å². The second kappa shape index (κ2) is 6.85. The number of ether oxygens (including phenoxy) is 1. The first-order valence-electron chi connectivity index (χ1n) is 6.80. The largest absolute Gasteiger partial charge is 0.459 e. The summed E-state index contributed by atoms with van der Waals surface area (Å²) in [6.07, 6.45) is 2.34. The summed E-state index contributed by atoms with van der Waals surface area (Å²) >= 11 is 2.02. The molecule has 0 unspecified atom stereocenters. The standard InChI is InChI=1S/C15H21NO2S/c1-11(2)18-15(17)12-3-5-13(6-4-12)16-14-7-9-19-10-8-14/h3-6,11,14,16H,7-10H2,1-2H3. The van der Waals surface area contributed by atoms with Gasteiger partial charge in [-0.2, -0.15) is 11.8 Å². The number of rotatable bonds is 4. The van der Waals surface area contributed by atoms with Gasteiger partial charge >= 0.3 is 5.97 Å². The third-order valence-corrected chi connectivity index (χ3v) is 4.10. The monoisotopic (exact) mass is 279 g/mol. The summed E-state index contributed by atoms with van der Waals surface area (Å²) in [5, 5.41) is 3.52. The van der Waals surface area contributed by atoms with Crippen molar-refractivity contribution in [2.75, 3.05) is 16.8 Å². The van der Waals surface area contributed by atoms with Crippen LogP contribution in [0.3, 0.4) is 0 Å². The highest BCUT2D eigenvalue weighted by atomic mass is 32.2. The number of carbonyl (C=O) groups is 1. The number of hydrogen-bond donors (Lipinski definition) is 1. The zero-order valence-electron chi connectivity index (χ0n) is 11.5. The number of anilines is 1. The molecule has 1 aromatic carbocycles. The number of thioether (sulfide) groups is 1. The fourth-order valence-corrected chi connectivity index (χ4v) is 3.17. The summed E-state index contributed by atoms with van der Waals surface area (Å²) in [4.78, 5) is 11.7. The van der Waals surface area contributed by atoms with E-state index in [0.717, 1.165) is 5.69 Å². The lowest BCUT2D eigenvalue weighted by atomic mass is 10.1. The quantitative estimate of drug-likeness (QED) is 0.855. The van der Waals surface area contributed by atoms with Gasteiger partial charge in [0, 0.05) is 11.7 Å². The molecule has 0 radical (unpaired) electrons. The molecule has 1 fully saturated rings. The molecule has 3 nitrogen and oxygen atoms in total. The third-order valence-electron chi connectivity index (χ3n) is 3.06. The minimum Gasteiger partial charge on any atom is -0.459 e. The Morgan fingerprint density at radius 1 is 1.26 bits per heavy atom. The first-order chi connectivity index (χ1) is 9.15. The van der Waals surface area contributed by atoms with Gasteiger partial charge in [-0.25, -0.2) is 4.79 Å². The van der Waals surface area contributed by atoms with E-state index < -0.39 is 0 Å². The van der Waals surface area contributed by atoms with E-state index in [1.54, 1.807) is 0 Å². The average molecular weight is 279 g/mol. The van der Waals surface area contributed by atoms with Crippen LogP contribution in [0.15, 0.2) is 24.3 Å². The van der Waals surface area contributed by atoms with Gasteiger partial charge in [-0.3, -0.25) is 0 Å². The van der Waals surface area contributed by atoms with Gasteiger partial charge < -0.3 is 10.1 Å². The Bertz CT molecular complexity index is 411. The summed E-state index contributed by atoms with van der Waals surface area (Å²) < 4.78 is 5.16. The molecule has 0 aromatic heterocycles. The summed E-state index contributed by atoms with van der Waals surface area (Å²) in [7, 11) is 0. The zero-order valence-corrected chi connectivity index (χ0v) is 12.3. The van der Waals surface area contributed by atoms with E-state index in [4.69, 9.17) is 4.74 Å². The highest BCUT2D eigenvalue weighted by Crippen LogP contribution is 2.21. The van der Waals surface area contributed by atoms with Gasteiger partial charge in [0.15, 0.2) is 0 Å². The molecule has 1 aromatic rings. The van der Waals surface area contributed by atoms with Gasteiger partial charge in [0.05, 0.1) is 11.7 Å². The maximum absolute atomic E-state index is 11.7. The van der Waals surface area contributed by atoms with Gasteiger partial charge in [-0.1, -0.05) is 0 Å². The van der Waals surface area contributed by atoms with E-state index in [-0.39, 0.29) is 12.1 Å². The Morgan fingerprint density at radius 2 is 1.89 bits per heavy atom. The SMILES string of the molecule is CC(C)OC(=O)c1ccc(NC2CCSCC2)cc1. The second-order valence-electron chi connectivity index (χ2n) is 5.06. The van der Waals surface area contributed by atoms with Crippen molar-refractivity contribution in [3.63, 3.8) is 0 Å². The van der Waals surface area contributed by atoms with Gasteiger partial charge in [0.25, 0.3) is 0 Å². The van der Waals surface area contributed by atoms with E-state index in [9.17, 15) is 4.79 Å². The molecule has 0 aliphatic carbocycles. The lowest BCUT2D eigenvalue weighted by molar-refractivity contribution is 0.0378. The normalized spacial score (nSPS) is 16.4. The summed E-state index contributed by atoms with van der Waals surface area (Å²) in [6.45, 7) is 3.71. The van der Waals surface area contributed by atoms with Crippen LogP contribution < -0.4 is 5.32 Å². The Morgan fingerprint density at radius 3 is 2.47 bits per heavy atom. The van der Waals surface area contributed by atoms with Crippen LogP contribution in [0.5, 0.6) is 0 Å². The predicted octanol–water partition coefficient (Wildman–Crippen LogP) is 3.56. The molecule has 1 N–H and O–H groups in total. The van der Waals surface area contributed by atoms with E-state index in [0.29, 0.717) is 11.6 Å². The lowest BCUT2D eigenvalue weighted by Gasteiger charge is -2.23. The van der Waals surface area contributed by atoms with Gasteiger partial charge in [0.2, 0.25) is 0 Å². The van der Waals surface area contributed by atoms with Crippen LogP contribution in [0, 0.1) is 0 Å². The molecule has 0 bridgehead atoms. The Hall–Kier alpha value is -1.16. The van der Waals surface area contributed by atoms with Crippen LogP contribution >= 0.6 is 11.8 Å². The van der Waals surface area contributed by atoms with Crippen molar-refractivity contribution in [2.24, 2.45) is 0 Å². The Balaban J connectivity index is 1.92. The second-order valence-corrected chi connectivity index (χ2v) is 6.29. The molecule has 1 aliphatic heterocycles. The first-order valence-corrected chi connectivity index (χ1v) is 7.96. The number of carbonyl (C=O) groups excluding carboxylic acids is 1. The molecule has 19 heavy (non-hydrogen) atoms. The maximum Gasteiger partial charge on any atom is 0.338 e. The van der Waals surface area contributed by atoms with Gasteiger partial charge in [-0.05, 0) is 62.5 Å². The summed E-state index contributed by atoms with van der Waals surface area (Å²) in [6, 6.07) is 8.13. The molecule has 0 amide bonds. The van der Waals surface area contributed by atoms with Crippen LogP contribution in [-0.4, -0.2) is 29.6 Å². The summed E-state index contributed by atoms with van der Waals surface area (Å²) in [5.74, 6) is 2.21. The van der Waals surface area contributed by atoms with Crippen LogP contribution in [0.1, 0.15) is 37.0 Å². The van der Waals surface area contributed by atoms with Crippen molar-refractivity contribution in [1.82, 2.24) is 0 Å². The number of nitrogens with one attached hydrogen (secondary N) is 1. The third kappa shape index (κ3) is 4.46. The zero-order chi connectivity index (χ0) is 13.7. The van der Waals surface area contributed by atoms with Crippen LogP contribution in [0.4, 0.5) is 5.69 Å². The highest BCUT2D eigenvalue weighted by Gasteiger charge is 2.14. The topological polar surface area (TPSA) is 38.3 Å². The molecule has 104 valence electrons. The predicted molar refractivity (Wildman–Crippen MR) is 81.0 cm³/mol. The average Bonchev–Trinajstić information content (AvgIpc) is 2.40. The first kappa shape index (κ1) is 14.3. The minimum atomic E-state index is -0.254. The Labute approximate surface area is 119 Å². The molecule has 0 atom stereocenters. The smallest absolute Gasteiger partial charge is 0.338 e. The summed E-state index contributed by atoms with van der Waals surface area (Å²) in [5.41, 5.74) is 1.69. The van der Waals surface area contributed by atoms with E-state index in [1.165, 1.54) is 24.3 Å². The molecule has 0 spiro atoms. The van der Waals surface area contributed by atoms with Crippen molar-refractivity contribution in [3.8, 4) is 0 Å². The molecule has 1 aliphatic rings. The minimum absolute atomic E-state index is 0.0787. The van der Waals surface area contributed by atoms with Crippen LogP contribution in [0.25, 0.3) is 0 Å². The highest BCUT2D eigenvalue weighted by molar-refractivity contribution is 7.99. The van der Waals surface area contributed by atoms with Crippen LogP contribution in [0.2, 0.25) is 0 Å². The van der Waals surface area contributed by atoms with Crippen molar-refractivity contribution in [2.45, 2.75) is 38.8 Å². The Kier molecular flexibility index (Phi) is 5.14. The molecule has 0 saturated carbocycles. The molecule has 1 heterocycles. The van der Waals surface area contributed by atoms with Crippen LogP contribution in [-0.2, 0) is 4.74 Å². The van der Waals surface area contributed by atoms with E-state index in [1.807, 2.05) is 49.9 Å². The van der Waals surface area contributed by atoms with Crippen molar-refractivity contribution in [3.05, 3.63) is 29.8 Å². The van der Waals surface area contributed by atoms with Gasteiger partial charge in [-0.15, -0.1) is 0 Å². The van der Waals surface area contributed by atoms with Crippen molar-refractivity contribution < 1.29 is 9.53 Å².